The summed E-state index contributed by atoms with van der Waals surface area (Å²) < 4.78 is 0. The van der Waals surface area contributed by atoms with Crippen LogP contribution in [0.15, 0.2) is 48.5 Å². The highest BCUT2D eigenvalue weighted by atomic mass is 35.5. The minimum absolute atomic E-state index is 0.0613. The van der Waals surface area contributed by atoms with E-state index in [1.165, 1.54) is 19.3 Å². The zero-order valence-electron chi connectivity index (χ0n) is 13.0. The van der Waals surface area contributed by atoms with E-state index >= 15 is 0 Å². The zero-order valence-corrected chi connectivity index (χ0v) is 14.5. The summed E-state index contributed by atoms with van der Waals surface area (Å²) in [5, 5.41) is 12.4. The number of hydrogen-bond donors (Lipinski definition) is 1. The predicted molar refractivity (Wildman–Crippen MR) is 96.0 cm³/mol. The smallest absolute Gasteiger partial charge is 0.0986 e. The topological polar surface area (TPSA) is 23.5 Å². The molecule has 0 bridgehead atoms. The van der Waals surface area contributed by atoms with Crippen molar-refractivity contribution in [3.05, 3.63) is 69.7 Å². The predicted octanol–water partition coefficient (Wildman–Crippen LogP) is 5.25. The molecular formula is C19H21Cl2NO. The monoisotopic (exact) mass is 349 g/mol. The lowest BCUT2D eigenvalue weighted by Gasteiger charge is -2.37. The molecule has 0 radical (unpaired) electrons. The van der Waals surface area contributed by atoms with Crippen LogP contribution in [0.2, 0.25) is 10.0 Å². The minimum Gasteiger partial charge on any atom is -0.386 e. The second kappa shape index (κ2) is 7.67. The number of piperidine rings is 1. The standard InChI is InChI=1S/C19H21Cl2NO/c20-16-8-4-14(5-9-16)18(22-12-2-1-3-13-22)19(23)15-6-10-17(21)11-7-15/h4-11,18-19,23H,1-3,12-13H2. The number of halogens is 2. The third-order valence-electron chi connectivity index (χ3n) is 4.51. The SMILES string of the molecule is OC(c1ccc(Cl)cc1)C(c1ccc(Cl)cc1)N1CCCCC1. The first kappa shape index (κ1) is 16.8. The van der Waals surface area contributed by atoms with Gasteiger partial charge in [-0.2, -0.15) is 0 Å². The molecular weight excluding hydrogens is 329 g/mol. The molecule has 122 valence electrons. The number of aliphatic hydroxyl groups is 1. The van der Waals surface area contributed by atoms with Crippen LogP contribution < -0.4 is 0 Å². The number of benzene rings is 2. The Morgan fingerprint density at radius 3 is 1.74 bits per heavy atom. The summed E-state index contributed by atoms with van der Waals surface area (Å²) >= 11 is 12.0. The molecule has 0 aliphatic carbocycles. The first-order valence-corrected chi connectivity index (χ1v) is 8.84. The van der Waals surface area contributed by atoms with Crippen molar-refractivity contribution in [1.29, 1.82) is 0 Å². The van der Waals surface area contributed by atoms with Crippen molar-refractivity contribution in [2.75, 3.05) is 13.1 Å². The lowest BCUT2D eigenvalue weighted by molar-refractivity contribution is 0.0362. The van der Waals surface area contributed by atoms with Crippen LogP contribution in [0.5, 0.6) is 0 Å². The van der Waals surface area contributed by atoms with Gasteiger partial charge >= 0.3 is 0 Å². The molecule has 2 aromatic rings. The van der Waals surface area contributed by atoms with Gasteiger partial charge in [0.15, 0.2) is 0 Å². The summed E-state index contributed by atoms with van der Waals surface area (Å²) in [7, 11) is 0. The molecule has 1 fully saturated rings. The van der Waals surface area contributed by atoms with Gasteiger partial charge in [-0.15, -0.1) is 0 Å². The lowest BCUT2D eigenvalue weighted by atomic mass is 9.93. The average molecular weight is 350 g/mol. The molecule has 1 saturated heterocycles. The Balaban J connectivity index is 1.93. The Morgan fingerprint density at radius 1 is 0.739 bits per heavy atom. The number of likely N-dealkylation sites (tertiary alicyclic amines) is 1. The summed E-state index contributed by atoms with van der Waals surface area (Å²) in [5.74, 6) is 0. The van der Waals surface area contributed by atoms with Gasteiger partial charge in [0.05, 0.1) is 12.1 Å². The highest BCUT2D eigenvalue weighted by molar-refractivity contribution is 6.30. The third kappa shape index (κ3) is 4.07. The van der Waals surface area contributed by atoms with Crippen LogP contribution >= 0.6 is 23.2 Å². The van der Waals surface area contributed by atoms with Crippen LogP contribution in [0.3, 0.4) is 0 Å². The lowest BCUT2D eigenvalue weighted by Crippen LogP contribution is -2.37. The summed E-state index contributed by atoms with van der Waals surface area (Å²) in [6.07, 6.45) is 3.03. The molecule has 2 unspecified atom stereocenters. The van der Waals surface area contributed by atoms with Crippen molar-refractivity contribution < 1.29 is 5.11 Å². The maximum Gasteiger partial charge on any atom is 0.0986 e. The first-order chi connectivity index (χ1) is 11.1. The molecule has 0 spiro atoms. The molecule has 1 aliphatic heterocycles. The van der Waals surface area contributed by atoms with Crippen LogP contribution in [-0.2, 0) is 0 Å². The largest absolute Gasteiger partial charge is 0.386 e. The van der Waals surface area contributed by atoms with Crippen molar-refractivity contribution in [2.24, 2.45) is 0 Å². The highest BCUT2D eigenvalue weighted by Crippen LogP contribution is 2.36. The minimum atomic E-state index is -0.591. The summed E-state index contributed by atoms with van der Waals surface area (Å²) in [5.41, 5.74) is 1.98. The van der Waals surface area contributed by atoms with Crippen molar-refractivity contribution in [3.8, 4) is 0 Å². The van der Waals surface area contributed by atoms with Crippen molar-refractivity contribution in [1.82, 2.24) is 4.90 Å². The summed E-state index contributed by atoms with van der Waals surface area (Å²) in [6, 6.07) is 15.2. The van der Waals surface area contributed by atoms with Crippen LogP contribution in [-0.4, -0.2) is 23.1 Å². The molecule has 1 heterocycles. The van der Waals surface area contributed by atoms with E-state index in [4.69, 9.17) is 23.2 Å². The summed E-state index contributed by atoms with van der Waals surface area (Å²) in [6.45, 7) is 2.02. The third-order valence-corrected chi connectivity index (χ3v) is 5.01. The van der Waals surface area contributed by atoms with Crippen LogP contribution in [0.25, 0.3) is 0 Å². The molecule has 3 rings (SSSR count). The van der Waals surface area contributed by atoms with Crippen LogP contribution in [0, 0.1) is 0 Å². The Morgan fingerprint density at radius 2 is 1.22 bits per heavy atom. The van der Waals surface area contributed by atoms with E-state index in [0.29, 0.717) is 10.0 Å². The average Bonchev–Trinajstić information content (AvgIpc) is 2.58. The van der Waals surface area contributed by atoms with E-state index in [2.05, 4.69) is 4.90 Å². The molecule has 0 amide bonds. The Hall–Kier alpha value is -1.06. The van der Waals surface area contributed by atoms with E-state index in [1.807, 2.05) is 48.5 Å². The van der Waals surface area contributed by atoms with E-state index < -0.39 is 6.10 Å². The maximum atomic E-state index is 11.0. The van der Waals surface area contributed by atoms with Crippen LogP contribution in [0.4, 0.5) is 0 Å². The van der Waals surface area contributed by atoms with Gasteiger partial charge in [0.2, 0.25) is 0 Å². The van der Waals surface area contributed by atoms with Crippen molar-refractivity contribution in [3.63, 3.8) is 0 Å². The number of rotatable bonds is 4. The van der Waals surface area contributed by atoms with Gasteiger partial charge in [0, 0.05) is 10.0 Å². The summed E-state index contributed by atoms with van der Waals surface area (Å²) in [4.78, 5) is 2.38. The maximum absolute atomic E-state index is 11.0. The van der Waals surface area contributed by atoms with Gasteiger partial charge in [-0.3, -0.25) is 4.90 Å². The molecule has 2 nitrogen and oxygen atoms in total. The second-order valence-electron chi connectivity index (χ2n) is 6.09. The Bertz CT molecular complexity index is 621. The molecule has 0 saturated carbocycles. The second-order valence-corrected chi connectivity index (χ2v) is 6.96. The van der Waals surface area contributed by atoms with Gasteiger partial charge < -0.3 is 5.11 Å². The molecule has 2 atom stereocenters. The van der Waals surface area contributed by atoms with Crippen molar-refractivity contribution in [2.45, 2.75) is 31.4 Å². The fourth-order valence-corrected chi connectivity index (χ4v) is 3.54. The number of hydrogen-bond acceptors (Lipinski definition) is 2. The molecule has 4 heteroatoms. The normalized spacial score (nSPS) is 18.6. The molecule has 23 heavy (non-hydrogen) atoms. The number of nitrogens with zero attached hydrogens (tertiary/aromatic N) is 1. The van der Waals surface area contributed by atoms with Gasteiger partial charge in [0.25, 0.3) is 0 Å². The molecule has 2 aromatic carbocycles. The Kier molecular flexibility index (Phi) is 5.60. The van der Waals surface area contributed by atoms with Gasteiger partial charge in [-0.25, -0.2) is 0 Å². The Labute approximate surface area is 147 Å². The molecule has 1 N–H and O–H groups in total. The van der Waals surface area contributed by atoms with Gasteiger partial charge in [-0.1, -0.05) is 53.9 Å². The molecule has 0 aromatic heterocycles. The van der Waals surface area contributed by atoms with Gasteiger partial charge in [0.1, 0.15) is 0 Å². The van der Waals surface area contributed by atoms with Crippen molar-refractivity contribution >= 4 is 23.2 Å². The first-order valence-electron chi connectivity index (χ1n) is 8.08. The fourth-order valence-electron chi connectivity index (χ4n) is 3.29. The van der Waals surface area contributed by atoms with E-state index in [1.54, 1.807) is 0 Å². The fraction of sp³-hybridized carbons (Fsp3) is 0.368. The van der Waals surface area contributed by atoms with Gasteiger partial charge in [-0.05, 0) is 61.3 Å². The number of aliphatic hydroxyl groups excluding tert-OH is 1. The van der Waals surface area contributed by atoms with E-state index in [9.17, 15) is 5.11 Å². The quantitative estimate of drug-likeness (QED) is 0.814. The van der Waals surface area contributed by atoms with E-state index in [-0.39, 0.29) is 6.04 Å². The van der Waals surface area contributed by atoms with Crippen LogP contribution in [0.1, 0.15) is 42.5 Å². The van der Waals surface area contributed by atoms with E-state index in [0.717, 1.165) is 24.2 Å². The zero-order chi connectivity index (χ0) is 16.2. The highest BCUT2D eigenvalue weighted by Gasteiger charge is 2.29. The molecule has 1 aliphatic rings.